The van der Waals surface area contributed by atoms with Crippen LogP contribution in [0, 0.1) is 5.92 Å². The van der Waals surface area contributed by atoms with E-state index in [1.54, 1.807) is 0 Å². The monoisotopic (exact) mass is 402 g/mol. The number of nitrogens with zero attached hydrogens (tertiary/aromatic N) is 1. The third-order valence-corrected chi connectivity index (χ3v) is 5.73. The Morgan fingerprint density at radius 1 is 0.900 bits per heavy atom. The second kappa shape index (κ2) is 9.09. The van der Waals surface area contributed by atoms with Crippen LogP contribution in [0.2, 0.25) is 0 Å². The van der Waals surface area contributed by atoms with E-state index >= 15 is 0 Å². The maximum absolute atomic E-state index is 12.5. The molecule has 0 atom stereocenters. The van der Waals surface area contributed by atoms with E-state index < -0.39 is 5.97 Å². The second-order valence-corrected chi connectivity index (χ2v) is 8.00. The molecule has 5 nitrogen and oxygen atoms in total. The van der Waals surface area contributed by atoms with Crippen molar-refractivity contribution >= 4 is 28.3 Å². The van der Waals surface area contributed by atoms with E-state index in [9.17, 15) is 9.59 Å². The molecule has 3 aromatic carbocycles. The van der Waals surface area contributed by atoms with Gasteiger partial charge in [-0.3, -0.25) is 14.5 Å². The predicted molar refractivity (Wildman–Crippen MR) is 118 cm³/mol. The molecule has 0 radical (unpaired) electrons. The number of carboxylic acids is 1. The number of nitrogens with one attached hydrogen (secondary N) is 1. The number of carbonyl (C=O) groups is 2. The van der Waals surface area contributed by atoms with Gasteiger partial charge in [0, 0.05) is 12.2 Å². The molecule has 30 heavy (non-hydrogen) atoms. The van der Waals surface area contributed by atoms with Gasteiger partial charge in [-0.15, -0.1) is 0 Å². The number of piperidine rings is 1. The van der Waals surface area contributed by atoms with Gasteiger partial charge in [-0.05, 0) is 60.0 Å². The Morgan fingerprint density at radius 3 is 2.43 bits per heavy atom. The van der Waals surface area contributed by atoms with E-state index in [1.165, 1.54) is 5.39 Å². The van der Waals surface area contributed by atoms with Gasteiger partial charge in [0.2, 0.25) is 5.91 Å². The maximum Gasteiger partial charge on any atom is 0.306 e. The lowest BCUT2D eigenvalue weighted by Crippen LogP contribution is -2.35. The second-order valence-electron chi connectivity index (χ2n) is 8.00. The number of likely N-dealkylation sites (tertiary alicyclic amines) is 1. The van der Waals surface area contributed by atoms with Crippen LogP contribution < -0.4 is 5.32 Å². The summed E-state index contributed by atoms with van der Waals surface area (Å²) in [5.74, 6) is -0.947. The van der Waals surface area contributed by atoms with Crippen molar-refractivity contribution in [3.63, 3.8) is 0 Å². The summed E-state index contributed by atoms with van der Waals surface area (Å²) in [6.45, 7) is 2.34. The van der Waals surface area contributed by atoms with Crippen LogP contribution in [0.4, 0.5) is 5.69 Å². The summed E-state index contributed by atoms with van der Waals surface area (Å²) in [5.41, 5.74) is 2.90. The SMILES string of the molecule is O=C(Cc1ccc2ccccc2c1)Nc1cccc(CN2CCC(C(=O)O)CC2)c1. The lowest BCUT2D eigenvalue weighted by Gasteiger charge is -2.30. The summed E-state index contributed by atoms with van der Waals surface area (Å²) in [6.07, 6.45) is 1.72. The molecule has 1 aliphatic rings. The zero-order valence-electron chi connectivity index (χ0n) is 16.9. The van der Waals surface area contributed by atoms with E-state index in [4.69, 9.17) is 5.11 Å². The summed E-state index contributed by atoms with van der Waals surface area (Å²) < 4.78 is 0. The number of anilines is 1. The van der Waals surface area contributed by atoms with Crippen LogP contribution in [0.15, 0.2) is 66.7 Å². The van der Waals surface area contributed by atoms with E-state index in [0.29, 0.717) is 19.3 Å². The lowest BCUT2D eigenvalue weighted by molar-refractivity contribution is -0.143. The zero-order chi connectivity index (χ0) is 20.9. The molecule has 0 bridgehead atoms. The summed E-state index contributed by atoms with van der Waals surface area (Å²) in [6, 6.07) is 22.1. The first-order valence-corrected chi connectivity index (χ1v) is 10.4. The maximum atomic E-state index is 12.5. The van der Waals surface area contributed by atoms with Crippen molar-refractivity contribution in [1.29, 1.82) is 0 Å². The van der Waals surface area contributed by atoms with Gasteiger partial charge in [-0.1, -0.05) is 54.6 Å². The van der Waals surface area contributed by atoms with Crippen LogP contribution in [-0.4, -0.2) is 35.0 Å². The van der Waals surface area contributed by atoms with Crippen molar-refractivity contribution in [2.45, 2.75) is 25.8 Å². The Labute approximate surface area is 176 Å². The summed E-state index contributed by atoms with van der Waals surface area (Å²) in [5, 5.41) is 14.4. The van der Waals surface area contributed by atoms with Gasteiger partial charge in [0.25, 0.3) is 0 Å². The van der Waals surface area contributed by atoms with Crippen LogP contribution in [0.25, 0.3) is 10.8 Å². The average molecular weight is 402 g/mol. The van der Waals surface area contributed by atoms with Crippen molar-refractivity contribution in [3.8, 4) is 0 Å². The normalized spacial score (nSPS) is 15.2. The largest absolute Gasteiger partial charge is 0.481 e. The molecule has 1 saturated heterocycles. The van der Waals surface area contributed by atoms with Gasteiger partial charge >= 0.3 is 5.97 Å². The number of aliphatic carboxylic acids is 1. The zero-order valence-corrected chi connectivity index (χ0v) is 16.9. The fourth-order valence-electron chi connectivity index (χ4n) is 4.08. The van der Waals surface area contributed by atoms with Gasteiger partial charge in [0.05, 0.1) is 12.3 Å². The smallest absolute Gasteiger partial charge is 0.306 e. The number of hydrogen-bond donors (Lipinski definition) is 2. The number of hydrogen-bond acceptors (Lipinski definition) is 3. The first-order chi connectivity index (χ1) is 14.6. The number of rotatable bonds is 6. The predicted octanol–water partition coefficient (Wildman–Crippen LogP) is 4.32. The molecule has 1 amide bonds. The fourth-order valence-corrected chi connectivity index (χ4v) is 4.08. The highest BCUT2D eigenvalue weighted by molar-refractivity contribution is 5.93. The molecule has 0 saturated carbocycles. The molecular formula is C25H26N2O3. The number of benzene rings is 3. The molecule has 154 valence electrons. The first kappa shape index (κ1) is 20.1. The minimum atomic E-state index is -0.689. The Balaban J connectivity index is 1.34. The minimum absolute atomic E-state index is 0.0373. The van der Waals surface area contributed by atoms with E-state index in [0.717, 1.165) is 41.8 Å². The third kappa shape index (κ3) is 5.05. The van der Waals surface area contributed by atoms with Gasteiger partial charge < -0.3 is 10.4 Å². The minimum Gasteiger partial charge on any atom is -0.481 e. The van der Waals surface area contributed by atoms with Crippen LogP contribution in [0.1, 0.15) is 24.0 Å². The molecule has 2 N–H and O–H groups in total. The summed E-state index contributed by atoms with van der Waals surface area (Å²) >= 11 is 0. The molecule has 0 aromatic heterocycles. The molecule has 3 aromatic rings. The molecule has 5 heteroatoms. The quantitative estimate of drug-likeness (QED) is 0.644. The number of fused-ring (bicyclic) bond motifs is 1. The van der Waals surface area contributed by atoms with Gasteiger partial charge in [-0.2, -0.15) is 0 Å². The number of carboxylic acid groups (broad SMARTS) is 1. The van der Waals surface area contributed by atoms with Crippen molar-refractivity contribution in [1.82, 2.24) is 4.90 Å². The fraction of sp³-hybridized carbons (Fsp3) is 0.280. The van der Waals surface area contributed by atoms with Gasteiger partial charge in [0.15, 0.2) is 0 Å². The Kier molecular flexibility index (Phi) is 6.10. The Morgan fingerprint density at radius 2 is 1.67 bits per heavy atom. The third-order valence-electron chi connectivity index (χ3n) is 5.73. The van der Waals surface area contributed by atoms with Crippen molar-refractivity contribution in [3.05, 3.63) is 77.9 Å². The highest BCUT2D eigenvalue weighted by atomic mass is 16.4. The molecule has 0 spiro atoms. The molecule has 4 rings (SSSR count). The van der Waals surface area contributed by atoms with Crippen molar-refractivity contribution in [2.24, 2.45) is 5.92 Å². The molecule has 1 heterocycles. The number of amides is 1. The van der Waals surface area contributed by atoms with E-state index in [-0.39, 0.29) is 11.8 Å². The van der Waals surface area contributed by atoms with Crippen LogP contribution >= 0.6 is 0 Å². The highest BCUT2D eigenvalue weighted by Crippen LogP contribution is 2.21. The summed E-state index contributed by atoms with van der Waals surface area (Å²) in [4.78, 5) is 25.9. The van der Waals surface area contributed by atoms with Gasteiger partial charge in [-0.25, -0.2) is 0 Å². The topological polar surface area (TPSA) is 69.6 Å². The van der Waals surface area contributed by atoms with Crippen LogP contribution in [0.3, 0.4) is 0 Å². The average Bonchev–Trinajstić information content (AvgIpc) is 2.74. The van der Waals surface area contributed by atoms with Gasteiger partial charge in [0.1, 0.15) is 0 Å². The van der Waals surface area contributed by atoms with Crippen molar-refractivity contribution in [2.75, 3.05) is 18.4 Å². The summed E-state index contributed by atoms with van der Waals surface area (Å²) in [7, 11) is 0. The van der Waals surface area contributed by atoms with E-state index in [1.807, 2.05) is 48.5 Å². The molecule has 1 aliphatic heterocycles. The molecule has 0 aliphatic carbocycles. The highest BCUT2D eigenvalue weighted by Gasteiger charge is 2.24. The standard InChI is InChI=1S/C25H26N2O3/c28-24(16-18-8-9-20-5-1-2-6-22(20)14-18)26-23-7-3-4-19(15-23)17-27-12-10-21(11-13-27)25(29)30/h1-9,14-15,21H,10-13,16-17H2,(H,26,28)(H,29,30). The van der Waals surface area contributed by atoms with E-state index in [2.05, 4.69) is 28.4 Å². The van der Waals surface area contributed by atoms with Crippen LogP contribution in [-0.2, 0) is 22.6 Å². The lowest BCUT2D eigenvalue weighted by atomic mass is 9.97. The molecule has 1 fully saturated rings. The van der Waals surface area contributed by atoms with Crippen molar-refractivity contribution < 1.29 is 14.7 Å². The Bertz CT molecular complexity index is 1050. The molecular weight excluding hydrogens is 376 g/mol. The molecule has 0 unspecified atom stereocenters. The Hall–Kier alpha value is -3.18. The number of carbonyl (C=O) groups excluding carboxylic acids is 1. The first-order valence-electron chi connectivity index (χ1n) is 10.4. The van der Waals surface area contributed by atoms with Crippen LogP contribution in [0.5, 0.6) is 0 Å².